The molecule has 3 rings (SSSR count). The number of thiophene rings is 1. The van der Waals surface area contributed by atoms with E-state index in [1.54, 1.807) is 26.0 Å². The van der Waals surface area contributed by atoms with E-state index in [2.05, 4.69) is 4.74 Å². The van der Waals surface area contributed by atoms with Crippen LogP contribution in [-0.2, 0) is 20.0 Å². The largest absolute Gasteiger partial charge is 0.573 e. The van der Waals surface area contributed by atoms with Gasteiger partial charge in [0.2, 0.25) is 0 Å². The molecule has 0 fully saturated rings. The lowest BCUT2D eigenvalue weighted by Crippen LogP contribution is -2.19. The van der Waals surface area contributed by atoms with Crippen LogP contribution in [0, 0.1) is 6.92 Å². The Morgan fingerprint density at radius 2 is 1.61 bits per heavy atom. The summed E-state index contributed by atoms with van der Waals surface area (Å²) in [6, 6.07) is 13.6. The lowest BCUT2D eigenvalue weighted by atomic mass is 10.0. The van der Waals surface area contributed by atoms with E-state index in [-0.39, 0.29) is 30.9 Å². The SMILES string of the molecule is CCOP(=O)(OCC)C(Cc1ccccc1OC(F)(F)F)c1sc2ccccc2c1C. The first-order chi connectivity index (χ1) is 14.7. The number of ether oxygens (including phenoxy) is 1. The molecule has 0 aliphatic heterocycles. The highest BCUT2D eigenvalue weighted by Gasteiger charge is 2.40. The maximum absolute atomic E-state index is 13.8. The average Bonchev–Trinajstić information content (AvgIpc) is 3.03. The molecule has 0 spiro atoms. The molecule has 0 N–H and O–H groups in total. The predicted molar refractivity (Wildman–Crippen MR) is 117 cm³/mol. The second-order valence-electron chi connectivity index (χ2n) is 6.84. The predicted octanol–water partition coefficient (Wildman–Crippen LogP) is 7.66. The minimum absolute atomic E-state index is 0.0111. The summed E-state index contributed by atoms with van der Waals surface area (Å²) in [5, 5.41) is 1.01. The van der Waals surface area contributed by atoms with Gasteiger partial charge in [0.15, 0.2) is 0 Å². The average molecular weight is 472 g/mol. The molecule has 1 heterocycles. The fraction of sp³-hybridized carbons (Fsp3) is 0.364. The Labute approximate surface area is 183 Å². The van der Waals surface area contributed by atoms with Crippen molar-refractivity contribution in [3.8, 4) is 5.75 Å². The standard InChI is InChI=1S/C22H24F3O4PS/c1-4-27-30(26,28-5-2)19(21-15(3)17-11-7-9-13-20(17)31-21)14-16-10-6-8-12-18(16)29-22(23,24)25/h6-13,19H,4-5,14H2,1-3H3. The maximum atomic E-state index is 13.8. The van der Waals surface area contributed by atoms with Crippen LogP contribution in [0.5, 0.6) is 5.75 Å². The molecule has 1 atom stereocenters. The van der Waals surface area contributed by atoms with Crippen molar-refractivity contribution in [2.75, 3.05) is 13.2 Å². The molecule has 0 saturated carbocycles. The molecular weight excluding hydrogens is 448 g/mol. The van der Waals surface area contributed by atoms with Gasteiger partial charge in [-0.1, -0.05) is 36.4 Å². The zero-order valence-electron chi connectivity index (χ0n) is 17.4. The summed E-state index contributed by atoms with van der Waals surface area (Å²) in [5.74, 6) is -0.321. The number of fused-ring (bicyclic) bond motifs is 1. The van der Waals surface area contributed by atoms with E-state index >= 15 is 0 Å². The van der Waals surface area contributed by atoms with Crippen molar-refractivity contribution in [3.63, 3.8) is 0 Å². The van der Waals surface area contributed by atoms with Crippen molar-refractivity contribution in [1.29, 1.82) is 0 Å². The minimum atomic E-state index is -4.83. The van der Waals surface area contributed by atoms with E-state index in [0.29, 0.717) is 0 Å². The van der Waals surface area contributed by atoms with Gasteiger partial charge in [-0.15, -0.1) is 24.5 Å². The summed E-state index contributed by atoms with van der Waals surface area (Å²) in [6.45, 7) is 5.64. The topological polar surface area (TPSA) is 44.8 Å². The summed E-state index contributed by atoms with van der Waals surface area (Å²) in [6.07, 6.45) is -4.82. The molecule has 9 heteroatoms. The molecule has 0 saturated heterocycles. The van der Waals surface area contributed by atoms with Crippen LogP contribution in [0.4, 0.5) is 13.2 Å². The molecular formula is C22H24F3O4PS. The Morgan fingerprint density at radius 3 is 2.23 bits per heavy atom. The van der Waals surface area contributed by atoms with Crippen molar-refractivity contribution in [3.05, 3.63) is 64.5 Å². The van der Waals surface area contributed by atoms with Crippen LogP contribution in [-0.4, -0.2) is 19.6 Å². The zero-order chi connectivity index (χ0) is 22.6. The van der Waals surface area contributed by atoms with E-state index in [1.165, 1.54) is 23.5 Å². The number of hydrogen-bond acceptors (Lipinski definition) is 5. The van der Waals surface area contributed by atoms with Gasteiger partial charge in [0, 0.05) is 9.58 Å². The molecule has 168 valence electrons. The summed E-state index contributed by atoms with van der Waals surface area (Å²) in [4.78, 5) is 0.772. The van der Waals surface area contributed by atoms with Gasteiger partial charge in [-0.05, 0) is 55.8 Å². The van der Waals surface area contributed by atoms with Crippen molar-refractivity contribution in [2.24, 2.45) is 0 Å². The maximum Gasteiger partial charge on any atom is 0.573 e. The third kappa shape index (κ3) is 5.50. The number of hydrogen-bond donors (Lipinski definition) is 0. The van der Waals surface area contributed by atoms with Crippen LogP contribution >= 0.6 is 18.9 Å². The number of alkyl halides is 3. The molecule has 0 aliphatic rings. The number of rotatable bonds is 9. The normalized spacial score (nSPS) is 13.5. The zero-order valence-corrected chi connectivity index (χ0v) is 19.2. The first-order valence-corrected chi connectivity index (χ1v) is 12.3. The van der Waals surface area contributed by atoms with Crippen LogP contribution in [0.15, 0.2) is 48.5 Å². The fourth-order valence-electron chi connectivity index (χ4n) is 3.54. The highest BCUT2D eigenvalue weighted by molar-refractivity contribution is 7.54. The Kier molecular flexibility index (Phi) is 7.47. The van der Waals surface area contributed by atoms with E-state index < -0.39 is 19.6 Å². The number of aryl methyl sites for hydroxylation is 1. The van der Waals surface area contributed by atoms with Crippen molar-refractivity contribution < 1.29 is 31.5 Å². The van der Waals surface area contributed by atoms with Gasteiger partial charge in [-0.2, -0.15) is 0 Å². The molecule has 0 amide bonds. The van der Waals surface area contributed by atoms with E-state index in [0.717, 1.165) is 20.5 Å². The third-order valence-electron chi connectivity index (χ3n) is 4.79. The molecule has 1 aromatic heterocycles. The smallest absolute Gasteiger partial charge is 0.406 e. The van der Waals surface area contributed by atoms with Crippen LogP contribution in [0.25, 0.3) is 10.1 Å². The van der Waals surface area contributed by atoms with Crippen LogP contribution in [0.2, 0.25) is 0 Å². The van der Waals surface area contributed by atoms with Gasteiger partial charge < -0.3 is 13.8 Å². The van der Waals surface area contributed by atoms with E-state index in [1.807, 2.05) is 31.2 Å². The van der Waals surface area contributed by atoms with Crippen LogP contribution < -0.4 is 4.74 Å². The number of benzene rings is 2. The molecule has 3 aromatic rings. The first-order valence-electron chi connectivity index (χ1n) is 9.89. The Morgan fingerprint density at radius 1 is 1.00 bits per heavy atom. The lowest BCUT2D eigenvalue weighted by molar-refractivity contribution is -0.274. The van der Waals surface area contributed by atoms with Gasteiger partial charge in [0.05, 0.1) is 13.2 Å². The van der Waals surface area contributed by atoms with Gasteiger partial charge in [-0.25, -0.2) is 0 Å². The minimum Gasteiger partial charge on any atom is -0.406 e. The van der Waals surface area contributed by atoms with Gasteiger partial charge in [0.25, 0.3) is 0 Å². The van der Waals surface area contributed by atoms with E-state index in [4.69, 9.17) is 9.05 Å². The fourth-order valence-corrected chi connectivity index (χ4v) is 7.34. The summed E-state index contributed by atoms with van der Waals surface area (Å²) < 4.78 is 69.1. The summed E-state index contributed by atoms with van der Waals surface area (Å²) in [7, 11) is -3.70. The number of para-hydroxylation sites is 1. The monoisotopic (exact) mass is 472 g/mol. The molecule has 2 aromatic carbocycles. The Hall–Kier alpha value is -1.86. The summed E-state index contributed by atoms with van der Waals surface area (Å²) >= 11 is 1.45. The Bertz CT molecular complexity index is 1070. The lowest BCUT2D eigenvalue weighted by Gasteiger charge is -2.27. The quantitative estimate of drug-likeness (QED) is 0.300. The third-order valence-corrected chi connectivity index (χ3v) is 8.80. The molecule has 0 radical (unpaired) electrons. The molecule has 0 bridgehead atoms. The highest BCUT2D eigenvalue weighted by Crippen LogP contribution is 2.64. The van der Waals surface area contributed by atoms with Crippen molar-refractivity contribution >= 4 is 29.0 Å². The van der Waals surface area contributed by atoms with Gasteiger partial charge in [0.1, 0.15) is 11.4 Å². The number of halogens is 3. The Balaban J connectivity index is 2.14. The van der Waals surface area contributed by atoms with Crippen LogP contribution in [0.3, 0.4) is 0 Å². The summed E-state index contributed by atoms with van der Waals surface area (Å²) in [5.41, 5.74) is 0.420. The molecule has 4 nitrogen and oxygen atoms in total. The van der Waals surface area contributed by atoms with Crippen LogP contribution in [0.1, 0.15) is 35.5 Å². The second-order valence-corrected chi connectivity index (χ2v) is 10.1. The van der Waals surface area contributed by atoms with Gasteiger partial charge >= 0.3 is 14.0 Å². The molecule has 0 aliphatic carbocycles. The molecule has 1 unspecified atom stereocenters. The van der Waals surface area contributed by atoms with Crippen molar-refractivity contribution in [1.82, 2.24) is 0 Å². The first kappa shape index (κ1) is 23.8. The molecule has 31 heavy (non-hydrogen) atoms. The second kappa shape index (κ2) is 9.74. The van der Waals surface area contributed by atoms with Gasteiger partial charge in [-0.3, -0.25) is 4.57 Å². The van der Waals surface area contributed by atoms with E-state index in [9.17, 15) is 17.7 Å². The van der Waals surface area contributed by atoms with Crippen molar-refractivity contribution in [2.45, 2.75) is 39.2 Å². The highest BCUT2D eigenvalue weighted by atomic mass is 32.1.